The number of para-hydroxylation sites is 2. The maximum absolute atomic E-state index is 10.4. The molecule has 1 aromatic rings. The van der Waals surface area contributed by atoms with Crippen molar-refractivity contribution in [2.75, 3.05) is 16.8 Å². The van der Waals surface area contributed by atoms with Gasteiger partial charge in [0.25, 0.3) is 0 Å². The lowest BCUT2D eigenvalue weighted by Gasteiger charge is -2.23. The molecule has 2 N–H and O–H groups in total. The minimum atomic E-state index is -0.710. The highest BCUT2D eigenvalue weighted by atomic mass is 16.4. The van der Waals surface area contributed by atoms with Crippen LogP contribution >= 0.6 is 0 Å². The van der Waals surface area contributed by atoms with E-state index in [9.17, 15) is 4.79 Å². The average Bonchev–Trinajstić information content (AvgIpc) is 2.60. The fourth-order valence-corrected chi connectivity index (χ4v) is 2.23. The van der Waals surface area contributed by atoms with Crippen LogP contribution in [0.2, 0.25) is 0 Å². The SMILES string of the molecule is CC1Nc2ccccc2N1CCCCC(=O)O. The van der Waals surface area contributed by atoms with Crippen LogP contribution in [0.4, 0.5) is 11.4 Å². The van der Waals surface area contributed by atoms with Gasteiger partial charge in [-0.25, -0.2) is 0 Å². The largest absolute Gasteiger partial charge is 0.481 e. The van der Waals surface area contributed by atoms with E-state index in [-0.39, 0.29) is 12.6 Å². The predicted molar refractivity (Wildman–Crippen MR) is 68.4 cm³/mol. The zero-order chi connectivity index (χ0) is 12.3. The lowest BCUT2D eigenvalue weighted by molar-refractivity contribution is -0.137. The lowest BCUT2D eigenvalue weighted by Crippen LogP contribution is -2.33. The second-order valence-electron chi connectivity index (χ2n) is 4.38. The van der Waals surface area contributed by atoms with E-state index in [0.717, 1.165) is 19.4 Å². The van der Waals surface area contributed by atoms with Crippen molar-refractivity contribution in [1.82, 2.24) is 0 Å². The molecule has 0 aromatic heterocycles. The number of nitrogens with one attached hydrogen (secondary N) is 1. The average molecular weight is 234 g/mol. The maximum Gasteiger partial charge on any atom is 0.303 e. The molecule has 1 unspecified atom stereocenters. The van der Waals surface area contributed by atoms with Crippen molar-refractivity contribution < 1.29 is 9.90 Å². The zero-order valence-corrected chi connectivity index (χ0v) is 10.0. The second-order valence-corrected chi connectivity index (χ2v) is 4.38. The van der Waals surface area contributed by atoms with E-state index < -0.39 is 5.97 Å². The molecule has 1 atom stereocenters. The van der Waals surface area contributed by atoms with E-state index >= 15 is 0 Å². The molecule has 1 heterocycles. The predicted octanol–water partition coefficient (Wildman–Crippen LogP) is 2.52. The highest BCUT2D eigenvalue weighted by Crippen LogP contribution is 2.33. The fourth-order valence-electron chi connectivity index (χ4n) is 2.23. The van der Waals surface area contributed by atoms with Crippen LogP contribution in [0.3, 0.4) is 0 Å². The van der Waals surface area contributed by atoms with Gasteiger partial charge in [0.1, 0.15) is 0 Å². The highest BCUT2D eigenvalue weighted by molar-refractivity contribution is 5.75. The Balaban J connectivity index is 1.90. The van der Waals surface area contributed by atoms with Gasteiger partial charge in [-0.1, -0.05) is 12.1 Å². The molecule has 0 amide bonds. The van der Waals surface area contributed by atoms with Gasteiger partial charge in [0.2, 0.25) is 0 Å². The highest BCUT2D eigenvalue weighted by Gasteiger charge is 2.23. The monoisotopic (exact) mass is 234 g/mol. The first-order valence-electron chi connectivity index (χ1n) is 6.02. The Kier molecular flexibility index (Phi) is 3.52. The number of hydrogen-bond acceptors (Lipinski definition) is 3. The molecule has 1 aromatic carbocycles. The van der Waals surface area contributed by atoms with Crippen molar-refractivity contribution in [3.05, 3.63) is 24.3 Å². The van der Waals surface area contributed by atoms with Gasteiger partial charge in [-0.3, -0.25) is 4.79 Å². The first kappa shape index (κ1) is 11.8. The van der Waals surface area contributed by atoms with Gasteiger partial charge in [0, 0.05) is 13.0 Å². The topological polar surface area (TPSA) is 52.6 Å². The number of unbranched alkanes of at least 4 members (excludes halogenated alkanes) is 1. The number of carbonyl (C=O) groups is 1. The Morgan fingerprint density at radius 1 is 1.41 bits per heavy atom. The van der Waals surface area contributed by atoms with Crippen LogP contribution in [0.25, 0.3) is 0 Å². The number of hydrogen-bond donors (Lipinski definition) is 2. The summed E-state index contributed by atoms with van der Waals surface area (Å²) in [7, 11) is 0. The molecule has 0 saturated carbocycles. The molecular formula is C13H18N2O2. The third-order valence-electron chi connectivity index (χ3n) is 3.09. The summed E-state index contributed by atoms with van der Waals surface area (Å²) < 4.78 is 0. The quantitative estimate of drug-likeness (QED) is 0.769. The standard InChI is InChI=1S/C13H18N2O2/c1-10-14-11-6-2-3-7-12(11)15(10)9-5-4-8-13(16)17/h2-3,6-7,10,14H,4-5,8-9H2,1H3,(H,16,17). The maximum atomic E-state index is 10.4. The Hall–Kier alpha value is -1.71. The van der Waals surface area contributed by atoms with Crippen LogP contribution < -0.4 is 10.2 Å². The molecular weight excluding hydrogens is 216 g/mol. The molecule has 1 aliphatic rings. The third-order valence-corrected chi connectivity index (χ3v) is 3.09. The first-order valence-corrected chi connectivity index (χ1v) is 6.02. The summed E-state index contributed by atoms with van der Waals surface area (Å²) in [4.78, 5) is 12.7. The van der Waals surface area contributed by atoms with Crippen LogP contribution in [0.1, 0.15) is 26.2 Å². The Morgan fingerprint density at radius 3 is 2.94 bits per heavy atom. The number of rotatable bonds is 5. The molecule has 17 heavy (non-hydrogen) atoms. The number of carboxylic acids is 1. The molecule has 4 nitrogen and oxygen atoms in total. The summed E-state index contributed by atoms with van der Waals surface area (Å²) in [6.07, 6.45) is 2.20. The number of fused-ring (bicyclic) bond motifs is 1. The molecule has 1 aliphatic heterocycles. The summed E-state index contributed by atoms with van der Waals surface area (Å²) in [5.74, 6) is -0.710. The number of nitrogens with zero attached hydrogens (tertiary/aromatic N) is 1. The second kappa shape index (κ2) is 5.08. The Morgan fingerprint density at radius 2 is 2.18 bits per heavy atom. The van der Waals surface area contributed by atoms with Gasteiger partial charge in [-0.2, -0.15) is 0 Å². The number of carboxylic acid groups (broad SMARTS) is 1. The summed E-state index contributed by atoms with van der Waals surface area (Å²) in [5, 5.41) is 12.0. The smallest absolute Gasteiger partial charge is 0.303 e. The zero-order valence-electron chi connectivity index (χ0n) is 10.0. The van der Waals surface area contributed by atoms with Crippen molar-refractivity contribution in [1.29, 1.82) is 0 Å². The van der Waals surface area contributed by atoms with Gasteiger partial charge in [0.05, 0.1) is 17.5 Å². The van der Waals surface area contributed by atoms with Gasteiger partial charge in [-0.15, -0.1) is 0 Å². The molecule has 4 heteroatoms. The van der Waals surface area contributed by atoms with Gasteiger partial charge >= 0.3 is 5.97 Å². The van der Waals surface area contributed by atoms with E-state index in [1.54, 1.807) is 0 Å². The van der Waals surface area contributed by atoms with Crippen LogP contribution in [0.15, 0.2) is 24.3 Å². The molecule has 0 spiro atoms. The normalized spacial score (nSPS) is 17.7. The van der Waals surface area contributed by atoms with Crippen LogP contribution in [-0.2, 0) is 4.79 Å². The molecule has 0 saturated heterocycles. The van der Waals surface area contributed by atoms with Crippen molar-refractivity contribution in [3.63, 3.8) is 0 Å². The van der Waals surface area contributed by atoms with Crippen LogP contribution in [-0.4, -0.2) is 23.8 Å². The molecule has 92 valence electrons. The fraction of sp³-hybridized carbons (Fsp3) is 0.462. The molecule has 0 bridgehead atoms. The summed E-state index contributed by atoms with van der Waals surface area (Å²) >= 11 is 0. The first-order chi connectivity index (χ1) is 8.18. The van der Waals surface area contributed by atoms with Crippen LogP contribution in [0.5, 0.6) is 0 Å². The summed E-state index contributed by atoms with van der Waals surface area (Å²) in [6.45, 7) is 3.02. The van der Waals surface area contributed by atoms with E-state index in [0.29, 0.717) is 0 Å². The van der Waals surface area contributed by atoms with Gasteiger partial charge in [0.15, 0.2) is 0 Å². The Bertz CT molecular complexity index is 406. The third kappa shape index (κ3) is 2.70. The number of aliphatic carboxylic acids is 1. The van der Waals surface area contributed by atoms with Gasteiger partial charge < -0.3 is 15.3 Å². The molecule has 0 aliphatic carbocycles. The Labute approximate surface area is 101 Å². The van der Waals surface area contributed by atoms with E-state index in [1.807, 2.05) is 12.1 Å². The number of benzene rings is 1. The van der Waals surface area contributed by atoms with E-state index in [1.165, 1.54) is 11.4 Å². The van der Waals surface area contributed by atoms with Crippen molar-refractivity contribution in [2.45, 2.75) is 32.4 Å². The van der Waals surface area contributed by atoms with Crippen molar-refractivity contribution >= 4 is 17.3 Å². The lowest BCUT2D eigenvalue weighted by atomic mass is 10.2. The van der Waals surface area contributed by atoms with Crippen LogP contribution in [0, 0.1) is 0 Å². The van der Waals surface area contributed by atoms with E-state index in [2.05, 4.69) is 29.3 Å². The van der Waals surface area contributed by atoms with Crippen molar-refractivity contribution in [2.24, 2.45) is 0 Å². The summed E-state index contributed by atoms with van der Waals surface area (Å²) in [6, 6.07) is 8.22. The van der Waals surface area contributed by atoms with Crippen molar-refractivity contribution in [3.8, 4) is 0 Å². The summed E-state index contributed by atoms with van der Waals surface area (Å²) in [5.41, 5.74) is 2.38. The molecule has 2 rings (SSSR count). The van der Waals surface area contributed by atoms with E-state index in [4.69, 9.17) is 5.11 Å². The minimum absolute atomic E-state index is 0.261. The number of anilines is 2. The molecule has 0 radical (unpaired) electrons. The molecule has 0 fully saturated rings. The minimum Gasteiger partial charge on any atom is -0.481 e. The van der Waals surface area contributed by atoms with Gasteiger partial charge in [-0.05, 0) is 31.9 Å².